The molecule has 0 unspecified atom stereocenters. The number of aromatic nitrogens is 1. The van der Waals surface area contributed by atoms with Crippen molar-refractivity contribution in [2.45, 2.75) is 39.3 Å². The third-order valence-electron chi connectivity index (χ3n) is 3.08. The lowest BCUT2D eigenvalue weighted by molar-refractivity contribution is 0.0159. The second-order valence-electron chi connectivity index (χ2n) is 6.01. The molecule has 1 fully saturated rings. The highest BCUT2D eigenvalue weighted by molar-refractivity contribution is 7.19. The maximum Gasteiger partial charge on any atom is 0.410 e. The van der Waals surface area contributed by atoms with Crippen molar-refractivity contribution in [3.8, 4) is 0 Å². The van der Waals surface area contributed by atoms with Gasteiger partial charge in [0.05, 0.1) is 6.20 Å². The molecule has 112 valence electrons. The van der Waals surface area contributed by atoms with Crippen molar-refractivity contribution in [2.75, 3.05) is 30.3 Å². The van der Waals surface area contributed by atoms with Crippen LogP contribution in [0.5, 0.6) is 0 Å². The highest BCUT2D eigenvalue weighted by Gasteiger charge is 2.31. The highest BCUT2D eigenvalue weighted by Crippen LogP contribution is 2.27. The molecule has 1 aliphatic rings. The van der Waals surface area contributed by atoms with E-state index < -0.39 is 5.60 Å². The molecule has 2 rings (SSSR count). The summed E-state index contributed by atoms with van der Waals surface area (Å²) in [6.07, 6.45) is 1.55. The number of rotatable bonds is 1. The van der Waals surface area contributed by atoms with Crippen molar-refractivity contribution < 1.29 is 9.53 Å². The fourth-order valence-electron chi connectivity index (χ4n) is 2.17. The summed E-state index contributed by atoms with van der Waals surface area (Å²) in [5, 5.41) is 1.63. The number of thiazole rings is 1. The summed E-state index contributed by atoms with van der Waals surface area (Å²) in [5.74, 6) is 0. The first kappa shape index (κ1) is 14.9. The van der Waals surface area contributed by atoms with Gasteiger partial charge >= 0.3 is 6.09 Å². The van der Waals surface area contributed by atoms with Gasteiger partial charge in [-0.3, -0.25) is 0 Å². The van der Waals surface area contributed by atoms with E-state index in [1.165, 1.54) is 11.3 Å². The third-order valence-corrected chi connectivity index (χ3v) is 3.97. The number of piperazine rings is 1. The first-order valence-electron chi connectivity index (χ1n) is 6.72. The quantitative estimate of drug-likeness (QED) is 0.860. The summed E-state index contributed by atoms with van der Waals surface area (Å²) in [6, 6.07) is 0.0990. The van der Waals surface area contributed by atoms with Gasteiger partial charge in [-0.2, -0.15) is 0 Å². The van der Waals surface area contributed by atoms with Crippen molar-refractivity contribution in [3.05, 3.63) is 6.20 Å². The summed E-state index contributed by atoms with van der Waals surface area (Å²) in [7, 11) is 0. The Balaban J connectivity index is 1.97. The fraction of sp³-hybridized carbons (Fsp3) is 0.692. The zero-order valence-electron chi connectivity index (χ0n) is 12.4. The number of carbonyl (C=O) groups is 1. The summed E-state index contributed by atoms with van der Waals surface area (Å²) in [6.45, 7) is 9.85. The standard InChI is InChI=1S/C13H22N4O2S/c1-9-8-16(10-7-15-11(14)20-10)5-6-17(9)12(18)19-13(2,3)4/h7,9H,5-6,8H2,1-4H3,(H2,14,15)/t9-/m1/s1. The third kappa shape index (κ3) is 3.53. The fourth-order valence-corrected chi connectivity index (χ4v) is 2.89. The monoisotopic (exact) mass is 298 g/mol. The van der Waals surface area contributed by atoms with Gasteiger partial charge in [0.25, 0.3) is 0 Å². The van der Waals surface area contributed by atoms with Gasteiger partial charge in [-0.05, 0) is 27.7 Å². The molecular formula is C13H22N4O2S. The zero-order chi connectivity index (χ0) is 14.9. The Morgan fingerprint density at radius 3 is 2.70 bits per heavy atom. The highest BCUT2D eigenvalue weighted by atomic mass is 32.1. The summed E-state index contributed by atoms with van der Waals surface area (Å²) < 4.78 is 5.43. The van der Waals surface area contributed by atoms with Crippen LogP contribution in [0, 0.1) is 0 Å². The Morgan fingerprint density at radius 1 is 1.50 bits per heavy atom. The van der Waals surface area contributed by atoms with Crippen LogP contribution in [0.1, 0.15) is 27.7 Å². The molecule has 0 radical (unpaired) electrons. The van der Waals surface area contributed by atoms with Gasteiger partial charge < -0.3 is 20.3 Å². The lowest BCUT2D eigenvalue weighted by Gasteiger charge is -2.40. The second-order valence-corrected chi connectivity index (χ2v) is 7.05. The molecule has 1 aromatic rings. The number of ether oxygens (including phenoxy) is 1. The number of nitrogens with zero attached hydrogens (tertiary/aromatic N) is 3. The lowest BCUT2D eigenvalue weighted by atomic mass is 10.2. The molecule has 6 nitrogen and oxygen atoms in total. The minimum Gasteiger partial charge on any atom is -0.444 e. The molecule has 0 aliphatic carbocycles. The van der Waals surface area contributed by atoms with Crippen LogP contribution in [-0.2, 0) is 4.74 Å². The van der Waals surface area contributed by atoms with Gasteiger partial charge in [-0.25, -0.2) is 9.78 Å². The van der Waals surface area contributed by atoms with Crippen LogP contribution >= 0.6 is 11.3 Å². The van der Waals surface area contributed by atoms with E-state index in [0.29, 0.717) is 11.7 Å². The Labute approximate surface area is 123 Å². The molecule has 0 saturated carbocycles. The van der Waals surface area contributed by atoms with E-state index in [0.717, 1.165) is 18.1 Å². The Bertz CT molecular complexity index is 483. The zero-order valence-corrected chi connectivity index (χ0v) is 13.2. The minimum absolute atomic E-state index is 0.0990. The van der Waals surface area contributed by atoms with Crippen molar-refractivity contribution >= 4 is 27.6 Å². The largest absolute Gasteiger partial charge is 0.444 e. The van der Waals surface area contributed by atoms with Crippen LogP contribution in [0.15, 0.2) is 6.20 Å². The van der Waals surface area contributed by atoms with Crippen molar-refractivity contribution in [1.29, 1.82) is 0 Å². The average molecular weight is 298 g/mol. The van der Waals surface area contributed by atoms with Crippen molar-refractivity contribution in [2.24, 2.45) is 0 Å². The average Bonchev–Trinajstić information content (AvgIpc) is 2.73. The van der Waals surface area contributed by atoms with Gasteiger partial charge in [-0.15, -0.1) is 0 Å². The molecule has 1 aromatic heterocycles. The molecule has 1 saturated heterocycles. The molecule has 1 aliphatic heterocycles. The molecule has 1 atom stereocenters. The number of anilines is 2. The van der Waals surface area contributed by atoms with Gasteiger partial charge in [0, 0.05) is 25.7 Å². The number of amides is 1. The SMILES string of the molecule is C[C@@H]1CN(c2cnc(N)s2)CCN1C(=O)OC(C)(C)C. The molecule has 0 aromatic carbocycles. The molecule has 0 spiro atoms. The Kier molecular flexibility index (Phi) is 4.08. The molecular weight excluding hydrogens is 276 g/mol. The number of hydrogen-bond donors (Lipinski definition) is 1. The second kappa shape index (κ2) is 5.47. The maximum atomic E-state index is 12.1. The Morgan fingerprint density at radius 2 is 2.20 bits per heavy atom. The van der Waals surface area contributed by atoms with Gasteiger partial charge in [0.2, 0.25) is 0 Å². The number of nitrogens with two attached hydrogens (primary N) is 1. The first-order chi connectivity index (χ1) is 9.26. The molecule has 2 N–H and O–H groups in total. The molecule has 20 heavy (non-hydrogen) atoms. The van der Waals surface area contributed by atoms with Crippen LogP contribution in [0.3, 0.4) is 0 Å². The Hall–Kier alpha value is -1.50. The van der Waals surface area contributed by atoms with Crippen molar-refractivity contribution in [1.82, 2.24) is 9.88 Å². The van der Waals surface area contributed by atoms with Crippen LogP contribution in [-0.4, -0.2) is 47.3 Å². The molecule has 0 bridgehead atoms. The van der Waals surface area contributed by atoms with E-state index >= 15 is 0 Å². The van der Waals surface area contributed by atoms with Gasteiger partial charge in [-0.1, -0.05) is 11.3 Å². The van der Waals surface area contributed by atoms with E-state index in [1.807, 2.05) is 27.7 Å². The van der Waals surface area contributed by atoms with Crippen LogP contribution < -0.4 is 10.6 Å². The van der Waals surface area contributed by atoms with E-state index in [2.05, 4.69) is 9.88 Å². The molecule has 2 heterocycles. The topological polar surface area (TPSA) is 71.7 Å². The van der Waals surface area contributed by atoms with Crippen LogP contribution in [0.2, 0.25) is 0 Å². The number of nitrogen functional groups attached to an aromatic ring is 1. The lowest BCUT2D eigenvalue weighted by Crippen LogP contribution is -2.55. The van der Waals surface area contributed by atoms with Crippen LogP contribution in [0.25, 0.3) is 0 Å². The molecule has 7 heteroatoms. The number of hydrogen-bond acceptors (Lipinski definition) is 6. The predicted molar refractivity (Wildman–Crippen MR) is 81.1 cm³/mol. The van der Waals surface area contributed by atoms with E-state index in [9.17, 15) is 4.79 Å². The van der Waals surface area contributed by atoms with E-state index in [-0.39, 0.29) is 12.1 Å². The van der Waals surface area contributed by atoms with Gasteiger partial charge in [0.15, 0.2) is 5.13 Å². The van der Waals surface area contributed by atoms with E-state index in [1.54, 1.807) is 11.1 Å². The predicted octanol–water partition coefficient (Wildman–Crippen LogP) is 2.17. The normalized spacial score (nSPS) is 20.1. The summed E-state index contributed by atoms with van der Waals surface area (Å²) >= 11 is 1.47. The van der Waals surface area contributed by atoms with Crippen LogP contribution in [0.4, 0.5) is 14.9 Å². The maximum absolute atomic E-state index is 12.1. The summed E-state index contributed by atoms with van der Waals surface area (Å²) in [4.78, 5) is 20.2. The van der Waals surface area contributed by atoms with E-state index in [4.69, 9.17) is 10.5 Å². The molecule has 1 amide bonds. The smallest absolute Gasteiger partial charge is 0.410 e. The van der Waals surface area contributed by atoms with Crippen molar-refractivity contribution in [3.63, 3.8) is 0 Å². The minimum atomic E-state index is -0.458. The van der Waals surface area contributed by atoms with Gasteiger partial charge in [0.1, 0.15) is 10.6 Å². The summed E-state index contributed by atoms with van der Waals surface area (Å²) in [5.41, 5.74) is 5.20. The number of carbonyl (C=O) groups excluding carboxylic acids is 1. The first-order valence-corrected chi connectivity index (χ1v) is 7.54.